The lowest BCUT2D eigenvalue weighted by Gasteiger charge is -2.16. The van der Waals surface area contributed by atoms with Gasteiger partial charge in [-0.3, -0.25) is 9.52 Å². The van der Waals surface area contributed by atoms with Crippen molar-refractivity contribution in [3.63, 3.8) is 0 Å². The first-order valence-corrected chi connectivity index (χ1v) is 12.0. The van der Waals surface area contributed by atoms with Crippen LogP contribution in [0.15, 0.2) is 48.5 Å². The van der Waals surface area contributed by atoms with Crippen LogP contribution < -0.4 is 4.72 Å². The van der Waals surface area contributed by atoms with E-state index >= 15 is 0 Å². The standard InChI is InChI=1S/C23H23ClN2O5S/c1-13-11-20(25-21(13)22(27)15-5-7-16(24)8-6-15)14(2)18-10-9-17(26-32(4,29)30)12-19(18)23(28)31-3/h5-12,14,25-26H,1-4H3. The number of esters is 1. The smallest absolute Gasteiger partial charge is 0.338 e. The zero-order chi connectivity index (χ0) is 23.6. The maximum atomic E-state index is 12.9. The lowest BCUT2D eigenvalue weighted by atomic mass is 9.92. The van der Waals surface area contributed by atoms with Gasteiger partial charge in [0.2, 0.25) is 15.8 Å². The molecule has 2 aromatic carbocycles. The fourth-order valence-corrected chi connectivity index (χ4v) is 4.15. The molecule has 0 amide bonds. The normalized spacial score (nSPS) is 12.3. The topological polar surface area (TPSA) is 105 Å². The molecule has 0 aliphatic rings. The highest BCUT2D eigenvalue weighted by Crippen LogP contribution is 2.31. The number of sulfonamides is 1. The highest BCUT2D eigenvalue weighted by Gasteiger charge is 2.23. The van der Waals surface area contributed by atoms with Crippen LogP contribution in [0.2, 0.25) is 5.02 Å². The maximum Gasteiger partial charge on any atom is 0.338 e. The summed E-state index contributed by atoms with van der Waals surface area (Å²) in [6, 6.07) is 13.2. The van der Waals surface area contributed by atoms with Crippen LogP contribution in [0.1, 0.15) is 56.1 Å². The van der Waals surface area contributed by atoms with Gasteiger partial charge >= 0.3 is 5.97 Å². The van der Waals surface area contributed by atoms with E-state index in [0.717, 1.165) is 17.5 Å². The number of methoxy groups -OCH3 is 1. The first kappa shape index (κ1) is 23.6. The minimum Gasteiger partial charge on any atom is -0.465 e. The van der Waals surface area contributed by atoms with E-state index in [0.29, 0.717) is 21.8 Å². The Hall–Kier alpha value is -3.10. The first-order valence-electron chi connectivity index (χ1n) is 9.70. The molecule has 1 heterocycles. The van der Waals surface area contributed by atoms with Gasteiger partial charge in [0.25, 0.3) is 0 Å². The van der Waals surface area contributed by atoms with Gasteiger partial charge in [0.15, 0.2) is 0 Å². The Kier molecular flexibility index (Phi) is 6.76. The van der Waals surface area contributed by atoms with E-state index in [-0.39, 0.29) is 23.0 Å². The Morgan fingerprint density at radius 3 is 2.34 bits per heavy atom. The average molecular weight is 475 g/mol. The molecule has 9 heteroatoms. The molecular weight excluding hydrogens is 452 g/mol. The number of ketones is 1. The number of H-pyrrole nitrogens is 1. The second-order valence-electron chi connectivity index (χ2n) is 7.51. The molecule has 7 nitrogen and oxygen atoms in total. The van der Waals surface area contributed by atoms with Gasteiger partial charge < -0.3 is 9.72 Å². The Morgan fingerprint density at radius 2 is 1.75 bits per heavy atom. The molecule has 0 saturated carbocycles. The lowest BCUT2D eigenvalue weighted by Crippen LogP contribution is -2.13. The number of ether oxygens (including phenoxy) is 1. The van der Waals surface area contributed by atoms with E-state index in [4.69, 9.17) is 16.3 Å². The molecule has 0 aliphatic heterocycles. The molecule has 0 radical (unpaired) electrons. The van der Waals surface area contributed by atoms with Gasteiger partial charge in [-0.2, -0.15) is 0 Å². The fraction of sp³-hybridized carbons (Fsp3) is 0.217. The summed E-state index contributed by atoms with van der Waals surface area (Å²) in [4.78, 5) is 28.5. The minimum atomic E-state index is -3.51. The molecule has 0 spiro atoms. The zero-order valence-corrected chi connectivity index (χ0v) is 19.6. The van der Waals surface area contributed by atoms with Crippen LogP contribution in [0.4, 0.5) is 5.69 Å². The summed E-state index contributed by atoms with van der Waals surface area (Å²) < 4.78 is 30.4. The van der Waals surface area contributed by atoms with E-state index in [2.05, 4.69) is 9.71 Å². The molecule has 3 rings (SSSR count). The molecule has 3 aromatic rings. The number of aromatic nitrogens is 1. The molecule has 0 bridgehead atoms. The molecule has 0 saturated heterocycles. The first-order chi connectivity index (χ1) is 15.0. The Labute approximate surface area is 191 Å². The molecule has 1 atom stereocenters. The van der Waals surface area contributed by atoms with Crippen LogP contribution in [0.3, 0.4) is 0 Å². The van der Waals surface area contributed by atoms with Gasteiger partial charge in [0.05, 0.1) is 24.6 Å². The fourth-order valence-electron chi connectivity index (χ4n) is 3.46. The largest absolute Gasteiger partial charge is 0.465 e. The van der Waals surface area contributed by atoms with Crippen molar-refractivity contribution in [2.24, 2.45) is 0 Å². The molecule has 1 aromatic heterocycles. The Balaban J connectivity index is 1.99. The predicted molar refractivity (Wildman–Crippen MR) is 124 cm³/mol. The second-order valence-corrected chi connectivity index (χ2v) is 9.69. The minimum absolute atomic E-state index is 0.168. The highest BCUT2D eigenvalue weighted by atomic mass is 35.5. The van der Waals surface area contributed by atoms with E-state index in [1.165, 1.54) is 13.2 Å². The van der Waals surface area contributed by atoms with Crippen LogP contribution >= 0.6 is 11.6 Å². The molecule has 168 valence electrons. The van der Waals surface area contributed by atoms with Crippen LogP contribution in [0.5, 0.6) is 0 Å². The zero-order valence-electron chi connectivity index (χ0n) is 18.0. The Morgan fingerprint density at radius 1 is 1.09 bits per heavy atom. The third-order valence-corrected chi connectivity index (χ3v) is 5.92. The van der Waals surface area contributed by atoms with Crippen LogP contribution in [-0.4, -0.2) is 38.5 Å². The summed E-state index contributed by atoms with van der Waals surface area (Å²) in [5.41, 5.74) is 3.56. The molecule has 32 heavy (non-hydrogen) atoms. The molecular formula is C23H23ClN2O5S. The number of aryl methyl sites for hydroxylation is 1. The molecule has 2 N–H and O–H groups in total. The van der Waals surface area contributed by atoms with Crippen molar-refractivity contribution in [3.05, 3.63) is 87.2 Å². The maximum absolute atomic E-state index is 12.9. The van der Waals surface area contributed by atoms with Crippen LogP contribution in [0, 0.1) is 6.92 Å². The number of benzene rings is 2. The number of aromatic amines is 1. The SMILES string of the molecule is COC(=O)c1cc(NS(C)(=O)=O)ccc1C(C)c1cc(C)c(C(=O)c2ccc(Cl)cc2)[nH]1. The van der Waals surface area contributed by atoms with E-state index < -0.39 is 16.0 Å². The van der Waals surface area contributed by atoms with Gasteiger partial charge in [0, 0.05) is 27.9 Å². The van der Waals surface area contributed by atoms with Crippen LogP contribution in [-0.2, 0) is 14.8 Å². The predicted octanol–water partition coefficient (Wildman–Crippen LogP) is 4.52. The van der Waals surface area contributed by atoms with Gasteiger partial charge in [-0.15, -0.1) is 0 Å². The summed E-state index contributed by atoms with van der Waals surface area (Å²) >= 11 is 5.91. The van der Waals surface area contributed by atoms with Gasteiger partial charge in [-0.25, -0.2) is 13.2 Å². The Bertz CT molecular complexity index is 1280. The number of halogens is 1. The number of anilines is 1. The van der Waals surface area contributed by atoms with Crippen LogP contribution in [0.25, 0.3) is 0 Å². The van der Waals surface area contributed by atoms with E-state index in [1.807, 2.05) is 19.9 Å². The number of hydrogen-bond donors (Lipinski definition) is 2. The van der Waals surface area contributed by atoms with E-state index in [9.17, 15) is 18.0 Å². The van der Waals surface area contributed by atoms with Gasteiger partial charge in [-0.1, -0.05) is 24.6 Å². The second kappa shape index (κ2) is 9.18. The van der Waals surface area contributed by atoms with Gasteiger partial charge in [-0.05, 0) is 60.5 Å². The number of nitrogens with one attached hydrogen (secondary N) is 2. The summed E-state index contributed by atoms with van der Waals surface area (Å²) in [7, 11) is -2.25. The number of carbonyl (C=O) groups excluding carboxylic acids is 2. The average Bonchev–Trinajstić information content (AvgIpc) is 3.13. The van der Waals surface area contributed by atoms with Crippen molar-refractivity contribution in [1.29, 1.82) is 0 Å². The molecule has 0 fully saturated rings. The van der Waals surface area contributed by atoms with Crippen molar-refractivity contribution in [3.8, 4) is 0 Å². The van der Waals surface area contributed by atoms with Crippen molar-refractivity contribution in [2.45, 2.75) is 19.8 Å². The third-order valence-electron chi connectivity index (χ3n) is 5.06. The molecule has 0 aliphatic carbocycles. The lowest BCUT2D eigenvalue weighted by molar-refractivity contribution is 0.0599. The number of rotatable bonds is 7. The summed E-state index contributed by atoms with van der Waals surface area (Å²) in [5.74, 6) is -1.06. The monoisotopic (exact) mass is 474 g/mol. The highest BCUT2D eigenvalue weighted by molar-refractivity contribution is 7.92. The van der Waals surface area contributed by atoms with Crippen molar-refractivity contribution in [1.82, 2.24) is 4.98 Å². The third kappa shape index (κ3) is 5.20. The van der Waals surface area contributed by atoms with Crippen molar-refractivity contribution >= 4 is 39.1 Å². The quantitative estimate of drug-likeness (QED) is 0.387. The van der Waals surface area contributed by atoms with Crippen molar-refractivity contribution in [2.75, 3.05) is 18.1 Å². The van der Waals surface area contributed by atoms with Crippen molar-refractivity contribution < 1.29 is 22.7 Å². The summed E-state index contributed by atoms with van der Waals surface area (Å²) in [6.45, 7) is 3.71. The number of hydrogen-bond acceptors (Lipinski definition) is 5. The molecule has 1 unspecified atom stereocenters. The summed E-state index contributed by atoms with van der Waals surface area (Å²) in [5, 5.41) is 0.545. The van der Waals surface area contributed by atoms with E-state index in [1.54, 1.807) is 36.4 Å². The van der Waals surface area contributed by atoms with Gasteiger partial charge in [0.1, 0.15) is 0 Å². The summed E-state index contributed by atoms with van der Waals surface area (Å²) in [6.07, 6.45) is 1.03. The number of carbonyl (C=O) groups is 2.